The van der Waals surface area contributed by atoms with Crippen LogP contribution in [0.5, 0.6) is 0 Å². The van der Waals surface area contributed by atoms with Crippen LogP contribution in [0, 0.1) is 0 Å². The Bertz CT molecular complexity index is 597. The van der Waals surface area contributed by atoms with E-state index in [0.29, 0.717) is 10.6 Å². The van der Waals surface area contributed by atoms with Gasteiger partial charge in [-0.1, -0.05) is 39.0 Å². The number of aromatic nitrogens is 2. The summed E-state index contributed by atoms with van der Waals surface area (Å²) in [5.41, 5.74) is 1.63. The van der Waals surface area contributed by atoms with Crippen LogP contribution in [0.4, 0.5) is 0 Å². The third-order valence-electron chi connectivity index (χ3n) is 2.09. The summed E-state index contributed by atoms with van der Waals surface area (Å²) in [6, 6.07) is 6.67. The SMILES string of the molecule is O=S(=O)(CCSc1nncs1)c1ccc(Br)cc1. The monoisotopic (exact) mass is 364 g/mol. The maximum atomic E-state index is 12.0. The van der Waals surface area contributed by atoms with Crippen LogP contribution in [0.2, 0.25) is 0 Å². The minimum absolute atomic E-state index is 0.0961. The first-order valence-corrected chi connectivity index (χ1v) is 9.26. The molecule has 0 amide bonds. The number of rotatable bonds is 5. The zero-order valence-corrected chi connectivity index (χ0v) is 13.2. The molecule has 96 valence electrons. The first kappa shape index (κ1) is 14.0. The molecule has 0 N–H and O–H groups in total. The fourth-order valence-electron chi connectivity index (χ4n) is 1.22. The first-order chi connectivity index (χ1) is 8.58. The molecule has 0 aliphatic heterocycles. The summed E-state index contributed by atoms with van der Waals surface area (Å²) < 4.78 is 25.7. The van der Waals surface area contributed by atoms with Gasteiger partial charge in [0, 0.05) is 10.2 Å². The van der Waals surface area contributed by atoms with Gasteiger partial charge in [0.25, 0.3) is 0 Å². The Hall–Kier alpha value is -0.440. The fraction of sp³-hybridized carbons (Fsp3) is 0.200. The third-order valence-corrected chi connectivity index (χ3v) is 6.47. The van der Waals surface area contributed by atoms with E-state index in [1.54, 1.807) is 29.8 Å². The second-order valence-corrected chi connectivity index (χ2v) is 8.53. The molecule has 0 saturated heterocycles. The molecule has 1 aromatic carbocycles. The molecular formula is C10H9BrN2O2S3. The summed E-state index contributed by atoms with van der Waals surface area (Å²) in [6.07, 6.45) is 0. The molecule has 2 rings (SSSR count). The highest BCUT2D eigenvalue weighted by Crippen LogP contribution is 2.21. The summed E-state index contributed by atoms with van der Waals surface area (Å²) in [6.45, 7) is 0. The van der Waals surface area contributed by atoms with Crippen LogP contribution >= 0.6 is 39.0 Å². The van der Waals surface area contributed by atoms with Gasteiger partial charge in [-0.2, -0.15) is 0 Å². The highest BCUT2D eigenvalue weighted by atomic mass is 79.9. The van der Waals surface area contributed by atoms with Crippen LogP contribution in [-0.2, 0) is 9.84 Å². The Labute approximate surface area is 122 Å². The van der Waals surface area contributed by atoms with Crippen molar-refractivity contribution in [3.8, 4) is 0 Å². The van der Waals surface area contributed by atoms with Crippen molar-refractivity contribution in [1.29, 1.82) is 0 Å². The van der Waals surface area contributed by atoms with Gasteiger partial charge in [-0.3, -0.25) is 0 Å². The number of benzene rings is 1. The Morgan fingerprint density at radius 1 is 1.28 bits per heavy atom. The molecule has 0 atom stereocenters. The topological polar surface area (TPSA) is 59.9 Å². The van der Waals surface area contributed by atoms with Crippen LogP contribution < -0.4 is 0 Å². The van der Waals surface area contributed by atoms with E-state index < -0.39 is 9.84 Å². The maximum Gasteiger partial charge on any atom is 0.179 e. The third kappa shape index (κ3) is 3.78. The van der Waals surface area contributed by atoms with Crippen LogP contribution in [0.3, 0.4) is 0 Å². The zero-order valence-electron chi connectivity index (χ0n) is 9.11. The number of halogens is 1. The molecule has 18 heavy (non-hydrogen) atoms. The molecule has 0 saturated carbocycles. The quantitative estimate of drug-likeness (QED) is 0.763. The summed E-state index contributed by atoms with van der Waals surface area (Å²) in [5.74, 6) is 0.576. The number of hydrogen-bond acceptors (Lipinski definition) is 6. The van der Waals surface area contributed by atoms with Crippen molar-refractivity contribution in [2.45, 2.75) is 9.24 Å². The molecule has 1 heterocycles. The molecule has 8 heteroatoms. The molecule has 1 aromatic heterocycles. The molecule has 0 unspecified atom stereocenters. The number of thioether (sulfide) groups is 1. The van der Waals surface area contributed by atoms with E-state index in [0.717, 1.165) is 8.81 Å². The van der Waals surface area contributed by atoms with Gasteiger partial charge < -0.3 is 0 Å². The Morgan fingerprint density at radius 3 is 2.61 bits per heavy atom. The summed E-state index contributed by atoms with van der Waals surface area (Å²) in [4.78, 5) is 0.351. The normalized spacial score (nSPS) is 11.6. The Kier molecular flexibility index (Phi) is 4.77. The average molecular weight is 365 g/mol. The van der Waals surface area contributed by atoms with Crippen molar-refractivity contribution in [3.05, 3.63) is 34.2 Å². The van der Waals surface area contributed by atoms with E-state index in [9.17, 15) is 8.42 Å². The molecule has 0 fully saturated rings. The van der Waals surface area contributed by atoms with Crippen molar-refractivity contribution >= 4 is 48.9 Å². The molecular weight excluding hydrogens is 356 g/mol. The van der Waals surface area contributed by atoms with E-state index in [1.165, 1.54) is 23.1 Å². The lowest BCUT2D eigenvalue weighted by Crippen LogP contribution is -2.08. The van der Waals surface area contributed by atoms with Gasteiger partial charge in [0.15, 0.2) is 14.2 Å². The van der Waals surface area contributed by atoms with Gasteiger partial charge in [0.05, 0.1) is 10.6 Å². The standard InChI is InChI=1S/C10H9BrN2O2S3/c11-8-1-3-9(4-2-8)18(14,15)6-5-16-10-13-12-7-17-10/h1-4,7H,5-6H2. The predicted molar refractivity (Wildman–Crippen MR) is 76.8 cm³/mol. The van der Waals surface area contributed by atoms with Gasteiger partial charge in [0.2, 0.25) is 0 Å². The van der Waals surface area contributed by atoms with Crippen molar-refractivity contribution in [1.82, 2.24) is 10.2 Å². The van der Waals surface area contributed by atoms with Crippen molar-refractivity contribution in [2.24, 2.45) is 0 Å². The second kappa shape index (κ2) is 6.14. The van der Waals surface area contributed by atoms with Gasteiger partial charge in [-0.25, -0.2) is 8.42 Å². The highest BCUT2D eigenvalue weighted by molar-refractivity contribution is 9.10. The summed E-state index contributed by atoms with van der Waals surface area (Å²) >= 11 is 6.10. The van der Waals surface area contributed by atoms with E-state index in [2.05, 4.69) is 26.1 Å². The summed E-state index contributed by atoms with van der Waals surface area (Å²) in [5, 5.41) is 7.55. The van der Waals surface area contributed by atoms with E-state index in [1.807, 2.05) is 0 Å². The van der Waals surface area contributed by atoms with Crippen molar-refractivity contribution in [3.63, 3.8) is 0 Å². The Balaban J connectivity index is 1.97. The maximum absolute atomic E-state index is 12.0. The molecule has 0 aliphatic rings. The summed E-state index contributed by atoms with van der Waals surface area (Å²) in [7, 11) is -3.22. The largest absolute Gasteiger partial charge is 0.224 e. The highest BCUT2D eigenvalue weighted by Gasteiger charge is 2.14. The number of hydrogen-bond donors (Lipinski definition) is 0. The smallest absolute Gasteiger partial charge is 0.179 e. The van der Waals surface area contributed by atoms with Crippen molar-refractivity contribution in [2.75, 3.05) is 11.5 Å². The van der Waals surface area contributed by atoms with Crippen LogP contribution in [0.15, 0.2) is 43.5 Å². The van der Waals surface area contributed by atoms with Gasteiger partial charge in [0.1, 0.15) is 5.51 Å². The lowest BCUT2D eigenvalue weighted by atomic mass is 10.4. The van der Waals surface area contributed by atoms with Gasteiger partial charge in [-0.15, -0.1) is 10.2 Å². The van der Waals surface area contributed by atoms with Crippen LogP contribution in [0.25, 0.3) is 0 Å². The molecule has 0 radical (unpaired) electrons. The number of sulfone groups is 1. The lowest BCUT2D eigenvalue weighted by Gasteiger charge is -2.03. The molecule has 0 aliphatic carbocycles. The van der Waals surface area contributed by atoms with E-state index in [4.69, 9.17) is 0 Å². The lowest BCUT2D eigenvalue weighted by molar-refractivity contribution is 0.597. The minimum atomic E-state index is -3.22. The molecule has 0 spiro atoms. The van der Waals surface area contributed by atoms with Crippen molar-refractivity contribution < 1.29 is 8.42 Å². The van der Waals surface area contributed by atoms with Crippen LogP contribution in [0.1, 0.15) is 0 Å². The van der Waals surface area contributed by atoms with Gasteiger partial charge in [-0.05, 0) is 24.3 Å². The second-order valence-electron chi connectivity index (χ2n) is 3.33. The predicted octanol–water partition coefficient (Wildman–Crippen LogP) is 2.87. The van der Waals surface area contributed by atoms with E-state index in [-0.39, 0.29) is 5.75 Å². The first-order valence-electron chi connectivity index (χ1n) is 4.95. The molecule has 4 nitrogen and oxygen atoms in total. The zero-order chi connectivity index (χ0) is 13.0. The minimum Gasteiger partial charge on any atom is -0.224 e. The molecule has 0 bridgehead atoms. The molecule has 2 aromatic rings. The van der Waals surface area contributed by atoms with E-state index >= 15 is 0 Å². The average Bonchev–Trinajstić information content (AvgIpc) is 2.82. The number of nitrogens with zero attached hydrogens (tertiary/aromatic N) is 2. The fourth-order valence-corrected chi connectivity index (χ4v) is 4.70. The van der Waals surface area contributed by atoms with Gasteiger partial charge >= 0.3 is 0 Å². The Morgan fingerprint density at radius 2 is 2.00 bits per heavy atom. The van der Waals surface area contributed by atoms with Crippen LogP contribution in [-0.4, -0.2) is 30.1 Å².